The van der Waals surface area contributed by atoms with Gasteiger partial charge in [-0.05, 0) is 83.8 Å². The van der Waals surface area contributed by atoms with Crippen molar-refractivity contribution in [1.82, 2.24) is 0 Å². The van der Waals surface area contributed by atoms with E-state index in [2.05, 4.69) is 51.1 Å². The van der Waals surface area contributed by atoms with E-state index in [1.54, 1.807) is 12.1 Å². The monoisotopic (exact) mass is 396 g/mol. The number of carbonyl (C=O) groups excluding carboxylic acids is 1. The van der Waals surface area contributed by atoms with E-state index in [0.29, 0.717) is 11.3 Å². The lowest BCUT2D eigenvalue weighted by Gasteiger charge is -2.32. The third-order valence-corrected chi connectivity index (χ3v) is 6.04. The van der Waals surface area contributed by atoms with Gasteiger partial charge in [0.2, 0.25) is 0 Å². The van der Waals surface area contributed by atoms with Crippen molar-refractivity contribution in [3.05, 3.63) is 95.1 Å². The number of hydrogen-bond donors (Lipinski definition) is 0. The number of ether oxygens (including phenoxy) is 1. The first-order chi connectivity index (χ1) is 14.4. The highest BCUT2D eigenvalue weighted by Gasteiger charge is 2.26. The summed E-state index contributed by atoms with van der Waals surface area (Å²) in [6, 6.07) is 21.2. The van der Waals surface area contributed by atoms with Gasteiger partial charge in [0.15, 0.2) is 0 Å². The Bertz CT molecular complexity index is 1130. The largest absolute Gasteiger partial charge is 0.423 e. The van der Waals surface area contributed by atoms with Crippen LogP contribution in [0.25, 0.3) is 16.8 Å². The maximum Gasteiger partial charge on any atom is 0.343 e. The molecule has 3 aromatic rings. The van der Waals surface area contributed by atoms with Crippen LogP contribution in [-0.4, -0.2) is 5.97 Å². The van der Waals surface area contributed by atoms with Crippen LogP contribution in [0.1, 0.15) is 56.0 Å². The molecule has 2 heteroatoms. The summed E-state index contributed by atoms with van der Waals surface area (Å²) in [5.41, 5.74) is 4.94. The predicted molar refractivity (Wildman–Crippen MR) is 125 cm³/mol. The molecule has 30 heavy (non-hydrogen) atoms. The highest BCUT2D eigenvalue weighted by atomic mass is 16.5. The lowest BCUT2D eigenvalue weighted by Crippen LogP contribution is -2.18. The van der Waals surface area contributed by atoms with E-state index in [-0.39, 0.29) is 11.4 Å². The Kier molecular flexibility index (Phi) is 5.59. The van der Waals surface area contributed by atoms with Crippen molar-refractivity contribution in [3.8, 4) is 5.75 Å². The van der Waals surface area contributed by atoms with Crippen molar-refractivity contribution in [2.75, 3.05) is 0 Å². The molecule has 0 heterocycles. The smallest absolute Gasteiger partial charge is 0.343 e. The van der Waals surface area contributed by atoms with Crippen molar-refractivity contribution in [2.24, 2.45) is 5.41 Å². The number of benzene rings is 3. The molecule has 0 aliphatic heterocycles. The molecule has 0 saturated heterocycles. The molecular formula is C28H28O2. The van der Waals surface area contributed by atoms with Crippen LogP contribution < -0.4 is 4.74 Å². The highest BCUT2D eigenvalue weighted by Crippen LogP contribution is 2.41. The summed E-state index contributed by atoms with van der Waals surface area (Å²) in [5.74, 6) is 0.215. The van der Waals surface area contributed by atoms with Gasteiger partial charge in [-0.1, -0.05) is 68.0 Å². The molecule has 152 valence electrons. The highest BCUT2D eigenvalue weighted by molar-refractivity contribution is 5.96. The average molecular weight is 397 g/mol. The second-order valence-corrected chi connectivity index (χ2v) is 8.79. The zero-order valence-corrected chi connectivity index (χ0v) is 17.9. The molecule has 4 rings (SSSR count). The van der Waals surface area contributed by atoms with Crippen LogP contribution in [0.3, 0.4) is 0 Å². The third kappa shape index (κ3) is 4.38. The SMILES string of the molecule is CC1=C(C=Cc2ccc3cc(C(=O)Oc4ccccc4)ccc3c2)C(C)(C)CCC1. The van der Waals surface area contributed by atoms with E-state index in [1.807, 2.05) is 36.4 Å². The van der Waals surface area contributed by atoms with Crippen LogP contribution in [0.15, 0.2) is 84.0 Å². The molecule has 2 nitrogen and oxygen atoms in total. The van der Waals surface area contributed by atoms with Gasteiger partial charge in [0, 0.05) is 0 Å². The second-order valence-electron chi connectivity index (χ2n) is 8.79. The van der Waals surface area contributed by atoms with Crippen LogP contribution in [0.5, 0.6) is 5.75 Å². The number of esters is 1. The summed E-state index contributed by atoms with van der Waals surface area (Å²) in [7, 11) is 0. The molecule has 0 atom stereocenters. The topological polar surface area (TPSA) is 26.3 Å². The summed E-state index contributed by atoms with van der Waals surface area (Å²) < 4.78 is 5.45. The standard InChI is InChI=1S/C28H28O2/c1-20-8-7-17-28(2,3)26(20)16-12-21-11-13-23-19-24(15-14-22(23)18-21)27(29)30-25-9-5-4-6-10-25/h4-6,9-16,18-19H,7-8,17H2,1-3H3. The van der Waals surface area contributed by atoms with Gasteiger partial charge in [0.1, 0.15) is 5.75 Å². The zero-order valence-electron chi connectivity index (χ0n) is 17.9. The molecule has 0 saturated carbocycles. The molecule has 0 unspecified atom stereocenters. The Morgan fingerprint density at radius 1 is 0.933 bits per heavy atom. The van der Waals surface area contributed by atoms with Crippen molar-refractivity contribution >= 4 is 22.8 Å². The molecule has 1 aliphatic rings. The fraction of sp³-hybridized carbons (Fsp3) is 0.250. The zero-order chi connectivity index (χ0) is 21.1. The van der Waals surface area contributed by atoms with Gasteiger partial charge in [-0.3, -0.25) is 0 Å². The summed E-state index contributed by atoms with van der Waals surface area (Å²) in [4.78, 5) is 12.5. The molecule has 0 aromatic heterocycles. The van der Waals surface area contributed by atoms with E-state index in [1.165, 1.54) is 36.0 Å². The van der Waals surface area contributed by atoms with Gasteiger partial charge in [-0.25, -0.2) is 4.79 Å². The van der Waals surface area contributed by atoms with Crippen LogP contribution in [0.2, 0.25) is 0 Å². The van der Waals surface area contributed by atoms with E-state index in [0.717, 1.165) is 10.8 Å². The van der Waals surface area contributed by atoms with Crippen LogP contribution in [0.4, 0.5) is 0 Å². The quantitative estimate of drug-likeness (QED) is 0.335. The Hall–Kier alpha value is -3.13. The normalized spacial score (nSPS) is 16.2. The molecule has 0 N–H and O–H groups in total. The van der Waals surface area contributed by atoms with Crippen LogP contribution in [-0.2, 0) is 0 Å². The minimum absolute atomic E-state index is 0.240. The number of fused-ring (bicyclic) bond motifs is 1. The van der Waals surface area contributed by atoms with Crippen molar-refractivity contribution in [1.29, 1.82) is 0 Å². The minimum Gasteiger partial charge on any atom is -0.423 e. The fourth-order valence-electron chi connectivity index (χ4n) is 4.34. The summed E-state index contributed by atoms with van der Waals surface area (Å²) in [6.45, 7) is 6.94. The van der Waals surface area contributed by atoms with Crippen molar-refractivity contribution < 1.29 is 9.53 Å². The summed E-state index contributed by atoms with van der Waals surface area (Å²) >= 11 is 0. The first-order valence-corrected chi connectivity index (χ1v) is 10.6. The molecule has 1 aliphatic carbocycles. The van der Waals surface area contributed by atoms with Crippen LogP contribution >= 0.6 is 0 Å². The predicted octanol–water partition coefficient (Wildman–Crippen LogP) is 7.60. The second kappa shape index (κ2) is 8.31. The molecule has 0 spiro atoms. The van der Waals surface area contributed by atoms with E-state index < -0.39 is 0 Å². The maximum absolute atomic E-state index is 12.5. The Morgan fingerprint density at radius 2 is 1.67 bits per heavy atom. The number of carbonyl (C=O) groups is 1. The minimum atomic E-state index is -0.339. The molecule has 0 fully saturated rings. The van der Waals surface area contributed by atoms with Gasteiger partial charge < -0.3 is 4.74 Å². The number of allylic oxidation sites excluding steroid dienone is 3. The van der Waals surface area contributed by atoms with E-state index in [9.17, 15) is 4.79 Å². The van der Waals surface area contributed by atoms with E-state index in [4.69, 9.17) is 4.74 Å². The van der Waals surface area contributed by atoms with Crippen molar-refractivity contribution in [3.63, 3.8) is 0 Å². The number of hydrogen-bond acceptors (Lipinski definition) is 2. The lowest BCUT2D eigenvalue weighted by atomic mass is 9.72. The van der Waals surface area contributed by atoms with Crippen LogP contribution in [0, 0.1) is 5.41 Å². The fourth-order valence-corrected chi connectivity index (χ4v) is 4.34. The summed E-state index contributed by atoms with van der Waals surface area (Å²) in [5, 5.41) is 2.14. The van der Waals surface area contributed by atoms with Gasteiger partial charge >= 0.3 is 5.97 Å². The Balaban J connectivity index is 1.55. The van der Waals surface area contributed by atoms with Gasteiger partial charge in [-0.15, -0.1) is 0 Å². The molecule has 0 radical (unpaired) electrons. The summed E-state index contributed by atoms with van der Waals surface area (Å²) in [6.07, 6.45) is 8.22. The number of rotatable bonds is 4. The molecule has 0 amide bonds. The maximum atomic E-state index is 12.5. The average Bonchev–Trinajstić information content (AvgIpc) is 2.73. The third-order valence-electron chi connectivity index (χ3n) is 6.04. The molecule has 3 aromatic carbocycles. The Morgan fingerprint density at radius 3 is 2.43 bits per heavy atom. The Labute approximate surface area is 178 Å². The molecule has 0 bridgehead atoms. The van der Waals surface area contributed by atoms with E-state index >= 15 is 0 Å². The first kappa shape index (κ1) is 20.2. The van der Waals surface area contributed by atoms with Gasteiger partial charge in [0.25, 0.3) is 0 Å². The van der Waals surface area contributed by atoms with Crippen molar-refractivity contribution in [2.45, 2.75) is 40.0 Å². The lowest BCUT2D eigenvalue weighted by molar-refractivity contribution is 0.0735. The number of para-hydroxylation sites is 1. The van der Waals surface area contributed by atoms with Gasteiger partial charge in [0.05, 0.1) is 5.56 Å². The van der Waals surface area contributed by atoms with Gasteiger partial charge in [-0.2, -0.15) is 0 Å². The molecular weight excluding hydrogens is 368 g/mol. The first-order valence-electron chi connectivity index (χ1n) is 10.6.